The fourth-order valence-electron chi connectivity index (χ4n) is 3.45. The van der Waals surface area contributed by atoms with Gasteiger partial charge in [-0.15, -0.1) is 10.2 Å². The van der Waals surface area contributed by atoms with Gasteiger partial charge in [-0.2, -0.15) is 0 Å². The highest BCUT2D eigenvalue weighted by molar-refractivity contribution is 5.52. The number of rotatable bonds is 3. The van der Waals surface area contributed by atoms with Crippen LogP contribution in [0.5, 0.6) is 0 Å². The van der Waals surface area contributed by atoms with Crippen LogP contribution in [0.3, 0.4) is 0 Å². The van der Waals surface area contributed by atoms with Gasteiger partial charge in [0.25, 0.3) is 0 Å². The lowest BCUT2D eigenvalue weighted by atomic mass is 10.1. The van der Waals surface area contributed by atoms with Crippen LogP contribution >= 0.6 is 0 Å². The van der Waals surface area contributed by atoms with Gasteiger partial charge in [-0.3, -0.25) is 9.80 Å². The third kappa shape index (κ3) is 2.76. The van der Waals surface area contributed by atoms with Crippen LogP contribution in [0, 0.1) is 5.82 Å². The van der Waals surface area contributed by atoms with Crippen LogP contribution in [0.1, 0.15) is 18.7 Å². The zero-order chi connectivity index (χ0) is 14.9. The molecular formula is C16H19FN4O. The van der Waals surface area contributed by atoms with Crippen molar-refractivity contribution in [2.24, 2.45) is 0 Å². The van der Waals surface area contributed by atoms with Crippen molar-refractivity contribution in [3.8, 4) is 11.5 Å². The van der Waals surface area contributed by atoms with Gasteiger partial charge >= 0.3 is 0 Å². The first-order valence-corrected chi connectivity index (χ1v) is 7.83. The molecule has 0 unspecified atom stereocenters. The summed E-state index contributed by atoms with van der Waals surface area (Å²) < 4.78 is 18.9. The van der Waals surface area contributed by atoms with Gasteiger partial charge in [0.2, 0.25) is 11.8 Å². The summed E-state index contributed by atoms with van der Waals surface area (Å²) in [6.07, 6.45) is 2.59. The van der Waals surface area contributed by atoms with Crippen molar-refractivity contribution in [1.82, 2.24) is 20.0 Å². The Balaban J connectivity index is 1.44. The van der Waals surface area contributed by atoms with Gasteiger partial charge in [-0.25, -0.2) is 4.39 Å². The molecule has 0 bridgehead atoms. The molecule has 2 aromatic rings. The van der Waals surface area contributed by atoms with E-state index >= 15 is 0 Å². The van der Waals surface area contributed by atoms with Crippen molar-refractivity contribution in [2.45, 2.75) is 25.4 Å². The molecule has 6 heteroatoms. The van der Waals surface area contributed by atoms with Gasteiger partial charge in [0, 0.05) is 31.2 Å². The molecule has 0 N–H and O–H groups in total. The number of hydrogen-bond donors (Lipinski definition) is 0. The van der Waals surface area contributed by atoms with E-state index in [2.05, 4.69) is 20.0 Å². The third-order valence-electron chi connectivity index (χ3n) is 4.57. The summed E-state index contributed by atoms with van der Waals surface area (Å²) in [5.74, 6) is 0.689. The first-order chi connectivity index (χ1) is 10.8. The smallest absolute Gasteiger partial charge is 0.247 e. The van der Waals surface area contributed by atoms with E-state index in [9.17, 15) is 4.39 Å². The van der Waals surface area contributed by atoms with E-state index in [1.54, 1.807) is 12.1 Å². The quantitative estimate of drug-likeness (QED) is 0.869. The van der Waals surface area contributed by atoms with Crippen LogP contribution in [0.25, 0.3) is 11.5 Å². The molecule has 0 aliphatic carbocycles. The summed E-state index contributed by atoms with van der Waals surface area (Å²) >= 11 is 0. The van der Waals surface area contributed by atoms with E-state index < -0.39 is 0 Å². The third-order valence-corrected chi connectivity index (χ3v) is 4.57. The van der Waals surface area contributed by atoms with Crippen molar-refractivity contribution in [1.29, 1.82) is 0 Å². The average molecular weight is 302 g/mol. The molecule has 1 aromatic carbocycles. The minimum Gasteiger partial charge on any atom is -0.419 e. The molecule has 1 aromatic heterocycles. The maximum absolute atomic E-state index is 13.3. The minimum absolute atomic E-state index is 0.297. The Labute approximate surface area is 128 Å². The number of fused-ring (bicyclic) bond motifs is 1. The number of benzene rings is 1. The van der Waals surface area contributed by atoms with Crippen LogP contribution in [-0.2, 0) is 6.54 Å². The van der Waals surface area contributed by atoms with E-state index in [0.717, 1.165) is 19.6 Å². The van der Waals surface area contributed by atoms with Gasteiger partial charge in [-0.05, 0) is 37.6 Å². The van der Waals surface area contributed by atoms with Gasteiger partial charge in [0.1, 0.15) is 5.82 Å². The Morgan fingerprint density at radius 2 is 2.18 bits per heavy atom. The molecule has 3 heterocycles. The van der Waals surface area contributed by atoms with Crippen molar-refractivity contribution in [2.75, 3.05) is 26.2 Å². The number of hydrogen-bond acceptors (Lipinski definition) is 5. The Morgan fingerprint density at radius 3 is 3.09 bits per heavy atom. The van der Waals surface area contributed by atoms with Gasteiger partial charge in [0.15, 0.2) is 0 Å². The van der Waals surface area contributed by atoms with E-state index in [-0.39, 0.29) is 5.82 Å². The summed E-state index contributed by atoms with van der Waals surface area (Å²) in [7, 11) is 0. The van der Waals surface area contributed by atoms with Crippen molar-refractivity contribution < 1.29 is 8.81 Å². The lowest BCUT2D eigenvalue weighted by Crippen LogP contribution is -2.49. The molecule has 0 radical (unpaired) electrons. The highest BCUT2D eigenvalue weighted by atomic mass is 19.1. The van der Waals surface area contributed by atoms with Crippen LogP contribution in [0.2, 0.25) is 0 Å². The van der Waals surface area contributed by atoms with E-state index in [1.807, 2.05) is 0 Å². The first-order valence-electron chi connectivity index (χ1n) is 7.83. The molecule has 4 rings (SSSR count). The van der Waals surface area contributed by atoms with Crippen LogP contribution in [0.4, 0.5) is 4.39 Å². The Bertz CT molecular complexity index is 659. The van der Waals surface area contributed by atoms with Crippen molar-refractivity contribution in [3.05, 3.63) is 36.0 Å². The van der Waals surface area contributed by atoms with E-state index in [4.69, 9.17) is 4.42 Å². The monoisotopic (exact) mass is 302 g/mol. The average Bonchev–Trinajstić information content (AvgIpc) is 3.16. The lowest BCUT2D eigenvalue weighted by molar-refractivity contribution is 0.0929. The molecule has 0 spiro atoms. The highest BCUT2D eigenvalue weighted by Gasteiger charge is 2.31. The molecule has 2 fully saturated rings. The number of aromatic nitrogens is 2. The molecule has 22 heavy (non-hydrogen) atoms. The molecule has 1 atom stereocenters. The summed E-state index contributed by atoms with van der Waals surface area (Å²) in [6, 6.07) is 6.92. The standard InChI is InChI=1S/C16H19FN4O/c17-13-4-1-3-12(9-13)16-19-18-15(22-16)11-20-7-8-21-6-2-5-14(21)10-20/h1,3-4,9,14H,2,5-8,10-11H2/t14-/m0/s1. The van der Waals surface area contributed by atoms with E-state index in [0.29, 0.717) is 29.9 Å². The van der Waals surface area contributed by atoms with Gasteiger partial charge in [-0.1, -0.05) is 6.07 Å². The fraction of sp³-hybridized carbons (Fsp3) is 0.500. The molecule has 2 aliphatic heterocycles. The van der Waals surface area contributed by atoms with E-state index in [1.165, 1.54) is 31.5 Å². The van der Waals surface area contributed by atoms with Gasteiger partial charge < -0.3 is 4.42 Å². The first kappa shape index (κ1) is 13.8. The largest absolute Gasteiger partial charge is 0.419 e. The summed E-state index contributed by atoms with van der Waals surface area (Å²) in [5.41, 5.74) is 0.624. The Kier molecular flexibility index (Phi) is 3.63. The maximum atomic E-state index is 13.3. The zero-order valence-electron chi connectivity index (χ0n) is 12.4. The fourth-order valence-corrected chi connectivity index (χ4v) is 3.45. The molecular weight excluding hydrogens is 283 g/mol. The molecule has 5 nitrogen and oxygen atoms in total. The summed E-state index contributed by atoms with van der Waals surface area (Å²) in [5, 5.41) is 8.15. The second kappa shape index (κ2) is 5.78. The Morgan fingerprint density at radius 1 is 1.23 bits per heavy atom. The normalized spacial score (nSPS) is 22.9. The van der Waals surface area contributed by atoms with Crippen LogP contribution in [0.15, 0.2) is 28.7 Å². The predicted molar refractivity (Wildman–Crippen MR) is 79.6 cm³/mol. The van der Waals surface area contributed by atoms with Crippen LogP contribution in [-0.4, -0.2) is 52.2 Å². The minimum atomic E-state index is -0.297. The second-order valence-electron chi connectivity index (χ2n) is 6.08. The lowest BCUT2D eigenvalue weighted by Gasteiger charge is -2.36. The molecule has 2 aliphatic rings. The van der Waals surface area contributed by atoms with Crippen LogP contribution < -0.4 is 0 Å². The van der Waals surface area contributed by atoms with Crippen molar-refractivity contribution >= 4 is 0 Å². The molecule has 0 saturated carbocycles. The Hall–Kier alpha value is -1.79. The van der Waals surface area contributed by atoms with Crippen molar-refractivity contribution in [3.63, 3.8) is 0 Å². The maximum Gasteiger partial charge on any atom is 0.247 e. The summed E-state index contributed by atoms with van der Waals surface area (Å²) in [4.78, 5) is 4.94. The zero-order valence-corrected chi connectivity index (χ0v) is 12.4. The number of piperazine rings is 1. The highest BCUT2D eigenvalue weighted by Crippen LogP contribution is 2.23. The molecule has 116 valence electrons. The molecule has 0 amide bonds. The summed E-state index contributed by atoms with van der Waals surface area (Å²) in [6.45, 7) is 5.14. The van der Waals surface area contributed by atoms with Gasteiger partial charge in [0.05, 0.1) is 6.54 Å². The predicted octanol–water partition coefficient (Wildman–Crippen LogP) is 2.16. The SMILES string of the molecule is Fc1cccc(-c2nnc(CN3CCN4CCC[C@H]4C3)o2)c1. The number of halogens is 1. The second-order valence-corrected chi connectivity index (χ2v) is 6.08. The topological polar surface area (TPSA) is 45.4 Å². The molecule has 2 saturated heterocycles. The number of nitrogens with zero attached hydrogens (tertiary/aromatic N) is 4.